The molecule has 0 saturated carbocycles. The molecule has 7 atom stereocenters. The van der Waals surface area contributed by atoms with Crippen LogP contribution in [0.3, 0.4) is 0 Å². The third kappa shape index (κ3) is 20.2. The average molecular weight is 1160 g/mol. The van der Waals surface area contributed by atoms with Crippen molar-refractivity contribution in [3.05, 3.63) is 43.6 Å². The monoisotopic (exact) mass is 1160 g/mol. The van der Waals surface area contributed by atoms with Gasteiger partial charge in [-0.05, 0) is 63.8 Å². The van der Waals surface area contributed by atoms with E-state index in [-0.39, 0.29) is 53.0 Å². The van der Waals surface area contributed by atoms with Gasteiger partial charge in [-0.3, -0.25) is 0 Å². The molecule has 0 aromatic carbocycles. The summed E-state index contributed by atoms with van der Waals surface area (Å²) in [5.41, 5.74) is 3.66. The first-order valence-corrected chi connectivity index (χ1v) is 39.8. The van der Waals surface area contributed by atoms with E-state index in [9.17, 15) is 9.59 Å². The molecule has 0 aliphatic carbocycles. The van der Waals surface area contributed by atoms with Crippen molar-refractivity contribution in [2.75, 3.05) is 13.7 Å². The Hall–Kier alpha value is -0.258. The van der Waals surface area contributed by atoms with E-state index >= 15 is 0 Å². The van der Waals surface area contributed by atoms with E-state index in [1.165, 1.54) is 51.8 Å². The van der Waals surface area contributed by atoms with Crippen LogP contribution >= 0.6 is 22.6 Å². The van der Waals surface area contributed by atoms with Crippen molar-refractivity contribution >= 4 is 69.5 Å². The molecule has 0 aromatic rings. The van der Waals surface area contributed by atoms with Crippen LogP contribution in [0.25, 0.3) is 0 Å². The van der Waals surface area contributed by atoms with Crippen LogP contribution in [0.5, 0.6) is 0 Å². The van der Waals surface area contributed by atoms with E-state index in [1.807, 2.05) is 6.08 Å². The maximum atomic E-state index is 13.9. The fraction of sp³-hybridized carbons (Fsp3) is 0.815. The Morgan fingerprint density at radius 3 is 1.89 bits per heavy atom. The number of halogens is 1. The molecule has 11 heteroatoms. The van der Waals surface area contributed by atoms with Gasteiger partial charge in [0.15, 0.2) is 8.32 Å². The average Bonchev–Trinajstić information content (AvgIpc) is 3.22. The molecular weight excluding hydrogens is 1060 g/mol. The predicted octanol–water partition coefficient (Wildman–Crippen LogP) is 16.7. The zero-order chi connectivity index (χ0) is 49.8. The molecule has 1 rings (SSSR count). The van der Waals surface area contributed by atoms with Gasteiger partial charge in [0, 0.05) is 19.4 Å². The summed E-state index contributed by atoms with van der Waals surface area (Å²) in [6.07, 6.45) is 17.0. The van der Waals surface area contributed by atoms with Gasteiger partial charge >= 0.3 is 195 Å². The number of hydrogen-bond acceptors (Lipinski definition) is 7. The Bertz CT molecular complexity index is 1470. The number of esters is 2. The van der Waals surface area contributed by atoms with Gasteiger partial charge in [-0.2, -0.15) is 0 Å². The number of cyclic esters (lactones) is 1. The van der Waals surface area contributed by atoms with Gasteiger partial charge in [0.1, 0.15) is 0 Å². The second kappa shape index (κ2) is 30.5. The Balaban J connectivity index is 3.44. The number of rotatable bonds is 31. The van der Waals surface area contributed by atoms with Crippen molar-refractivity contribution in [3.8, 4) is 0 Å². The van der Waals surface area contributed by atoms with Gasteiger partial charge in [0.2, 0.25) is 8.32 Å². The third-order valence-electron chi connectivity index (χ3n) is 15.3. The molecule has 7 unspecified atom stereocenters. The molecule has 1 aliphatic heterocycles. The molecule has 0 N–H and O–H groups in total. The van der Waals surface area contributed by atoms with Gasteiger partial charge < -0.3 is 13.6 Å². The van der Waals surface area contributed by atoms with Crippen LogP contribution in [0.15, 0.2) is 43.6 Å². The van der Waals surface area contributed by atoms with E-state index in [4.69, 9.17) is 23.1 Å². The van der Waals surface area contributed by atoms with Crippen LogP contribution < -0.4 is 0 Å². The predicted molar refractivity (Wildman–Crippen MR) is 295 cm³/mol. The van der Waals surface area contributed by atoms with Crippen LogP contribution in [-0.2, 0) is 32.7 Å². The van der Waals surface area contributed by atoms with E-state index in [0.29, 0.717) is 42.5 Å². The zero-order valence-corrected chi connectivity index (χ0v) is 52.4. The number of ether oxygens (including phenoxy) is 3. The van der Waals surface area contributed by atoms with Gasteiger partial charge in [0.25, 0.3) is 0 Å². The molecule has 0 bridgehead atoms. The van der Waals surface area contributed by atoms with Crippen molar-refractivity contribution in [2.24, 2.45) is 17.8 Å². The molecular formula is C54H101IO7Si2Sn. The number of methoxy groups -OCH3 is 1. The minimum absolute atomic E-state index is 0.00987. The molecule has 0 radical (unpaired) electrons. The quantitative estimate of drug-likeness (QED) is 0.0225. The summed E-state index contributed by atoms with van der Waals surface area (Å²) >= 11 is -0.172. The van der Waals surface area contributed by atoms with Gasteiger partial charge in [-0.1, -0.05) is 97.9 Å². The first kappa shape index (κ1) is 62.8. The summed E-state index contributed by atoms with van der Waals surface area (Å²) in [5.74, 6) is -0.415. The third-order valence-corrected chi connectivity index (χ3v) is 41.0. The number of allylic oxidation sites excluding steroid dienone is 1. The Labute approximate surface area is 421 Å². The van der Waals surface area contributed by atoms with Crippen molar-refractivity contribution in [3.63, 3.8) is 0 Å². The molecule has 1 aliphatic rings. The maximum absolute atomic E-state index is 13.9. The second-order valence-corrected chi connectivity index (χ2v) is 46.2. The fourth-order valence-electron chi connectivity index (χ4n) is 10.1. The van der Waals surface area contributed by atoms with Gasteiger partial charge in [-0.15, -0.1) is 0 Å². The topological polar surface area (TPSA) is 80.3 Å². The Morgan fingerprint density at radius 1 is 0.892 bits per heavy atom. The number of unbranched alkanes of at least 4 members (excludes halogenated alkanes) is 3. The number of hydrogen-bond donors (Lipinski definition) is 0. The molecule has 1 fully saturated rings. The summed E-state index contributed by atoms with van der Waals surface area (Å²) in [7, 11) is -2.51. The molecule has 0 aromatic heterocycles. The van der Waals surface area contributed by atoms with Crippen LogP contribution in [0.1, 0.15) is 175 Å². The summed E-state index contributed by atoms with van der Waals surface area (Å²) in [6.45, 7) is 41.3. The molecule has 0 spiro atoms. The molecule has 7 nitrogen and oxygen atoms in total. The summed E-state index contributed by atoms with van der Waals surface area (Å²) in [6, 6.07) is 0. The van der Waals surface area contributed by atoms with Crippen LogP contribution in [-0.4, -0.2) is 85.1 Å². The first-order valence-electron chi connectivity index (χ1n) is 25.9. The van der Waals surface area contributed by atoms with Crippen molar-refractivity contribution in [1.82, 2.24) is 0 Å². The van der Waals surface area contributed by atoms with E-state index in [2.05, 4.69) is 167 Å². The van der Waals surface area contributed by atoms with Gasteiger partial charge in [0.05, 0.1) is 18.8 Å². The Morgan fingerprint density at radius 2 is 1.43 bits per heavy atom. The fourth-order valence-corrected chi connectivity index (χ4v) is 31.9. The van der Waals surface area contributed by atoms with Crippen LogP contribution in [0.2, 0.25) is 48.1 Å². The first-order chi connectivity index (χ1) is 30.3. The zero-order valence-electron chi connectivity index (χ0n) is 45.4. The van der Waals surface area contributed by atoms with Crippen molar-refractivity contribution in [2.45, 2.75) is 247 Å². The standard InChI is InChI=1S/C42H74IO7Si2.3C4H9.Sn/c1-18-31(8)36-24-35(25-40(45)48-36)20-19-21-39(44)49-38(26-37(33(10)27-43)50-51(16,17)42(12,13)14)34(11)41(46-15)32(9)22-23-47-52(28(2)3,29(4)5)30(6)7;3*1-3-4-2;/h1,18-19,21-22,27-31,34-38,41H,20,23-26H2,2-17H3;3*1,3-4H2,2H3;/b18-1?,21-19+,32-22-,33-27+;;;;. The number of carbonyl (C=O) groups is 2. The van der Waals surface area contributed by atoms with Crippen molar-refractivity contribution < 1.29 is 32.7 Å². The van der Waals surface area contributed by atoms with E-state index < -0.39 is 41.1 Å². The SMILES string of the molecule is CCC[CH2][Sn](/[CH]=C/C(C)C1CC(C/C=C/C(=O)OC(CC(O[Si](C)(C)C(C)(C)C)/C(C)=C/I)C(C)C(OC)/C(C)=C\CO[Si](C(C)C)(C(C)C)C(C)C)CC(=O)O1)([CH2]CCC)[CH2]CCC. The second-order valence-electron chi connectivity index (χ2n) is 22.4. The van der Waals surface area contributed by atoms with Gasteiger partial charge in [-0.25, -0.2) is 0 Å². The van der Waals surface area contributed by atoms with Crippen LogP contribution in [0, 0.1) is 17.8 Å². The normalized spacial score (nSPS) is 20.0. The number of carbonyl (C=O) groups excluding carboxylic acids is 2. The molecule has 0 amide bonds. The summed E-state index contributed by atoms with van der Waals surface area (Å²) in [5, 5.41) is 0.00987. The minimum atomic E-state index is -2.47. The molecule has 1 heterocycles. The molecule has 65 heavy (non-hydrogen) atoms. The van der Waals surface area contributed by atoms with E-state index in [1.54, 1.807) is 13.2 Å². The van der Waals surface area contributed by atoms with Crippen LogP contribution in [0.4, 0.5) is 0 Å². The summed E-state index contributed by atoms with van der Waals surface area (Å²) < 4.78 is 41.9. The summed E-state index contributed by atoms with van der Waals surface area (Å²) in [4.78, 5) is 27.0. The van der Waals surface area contributed by atoms with Crippen molar-refractivity contribution in [1.29, 1.82) is 0 Å². The molecule has 378 valence electrons. The van der Waals surface area contributed by atoms with E-state index in [0.717, 1.165) is 17.6 Å². The molecule has 1 saturated heterocycles. The Kier molecular flexibility index (Phi) is 29.4.